The van der Waals surface area contributed by atoms with Crippen LogP contribution in [-0.4, -0.2) is 31.3 Å². The lowest BCUT2D eigenvalue weighted by Gasteiger charge is -2.13. The molecule has 0 aliphatic heterocycles. The predicted octanol–water partition coefficient (Wildman–Crippen LogP) is 1.62. The SMILES string of the molecule is CC(Cc1ccc(F)cc1)NCCCS(=O)(=O)O. The molecule has 1 aromatic carbocycles. The van der Waals surface area contributed by atoms with Crippen LogP contribution in [0.2, 0.25) is 0 Å². The molecule has 0 fully saturated rings. The minimum Gasteiger partial charge on any atom is -0.314 e. The van der Waals surface area contributed by atoms with Crippen LogP contribution in [0.1, 0.15) is 18.9 Å². The Morgan fingerprint density at radius 1 is 1.33 bits per heavy atom. The van der Waals surface area contributed by atoms with E-state index in [1.54, 1.807) is 12.1 Å². The van der Waals surface area contributed by atoms with Gasteiger partial charge in [-0.2, -0.15) is 8.42 Å². The van der Waals surface area contributed by atoms with Gasteiger partial charge in [0.05, 0.1) is 5.75 Å². The van der Waals surface area contributed by atoms with Crippen molar-refractivity contribution in [3.05, 3.63) is 35.6 Å². The third-order valence-corrected chi connectivity index (χ3v) is 3.33. The lowest BCUT2D eigenvalue weighted by atomic mass is 10.1. The van der Waals surface area contributed by atoms with Crippen molar-refractivity contribution < 1.29 is 17.4 Å². The first kappa shape index (κ1) is 15.1. The lowest BCUT2D eigenvalue weighted by Crippen LogP contribution is -2.30. The van der Waals surface area contributed by atoms with Crippen LogP contribution in [0, 0.1) is 5.82 Å². The zero-order valence-corrected chi connectivity index (χ0v) is 11.1. The van der Waals surface area contributed by atoms with E-state index in [2.05, 4.69) is 5.32 Å². The van der Waals surface area contributed by atoms with Gasteiger partial charge in [0, 0.05) is 6.04 Å². The van der Waals surface area contributed by atoms with E-state index in [9.17, 15) is 12.8 Å². The first-order valence-electron chi connectivity index (χ1n) is 5.80. The fourth-order valence-electron chi connectivity index (χ4n) is 1.65. The molecular formula is C12H18FNO3S. The third kappa shape index (κ3) is 6.68. The average Bonchev–Trinajstić information content (AvgIpc) is 2.26. The fourth-order valence-corrected chi connectivity index (χ4v) is 2.16. The van der Waals surface area contributed by atoms with Crippen LogP contribution < -0.4 is 5.32 Å². The standard InChI is InChI=1S/C12H18FNO3S/c1-10(14-7-2-8-18(15,16)17)9-11-3-5-12(13)6-4-11/h3-6,10,14H,2,7-9H2,1H3,(H,15,16,17). The zero-order valence-electron chi connectivity index (χ0n) is 10.3. The molecule has 102 valence electrons. The minimum absolute atomic E-state index is 0.164. The molecule has 2 N–H and O–H groups in total. The Hall–Kier alpha value is -0.980. The van der Waals surface area contributed by atoms with Gasteiger partial charge < -0.3 is 5.32 Å². The van der Waals surface area contributed by atoms with Gasteiger partial charge in [0.2, 0.25) is 0 Å². The highest BCUT2D eigenvalue weighted by atomic mass is 32.2. The maximum Gasteiger partial charge on any atom is 0.264 e. The molecule has 1 atom stereocenters. The van der Waals surface area contributed by atoms with Crippen molar-refractivity contribution in [3.8, 4) is 0 Å². The molecule has 1 aromatic rings. The summed E-state index contributed by atoms with van der Waals surface area (Å²) in [4.78, 5) is 0. The summed E-state index contributed by atoms with van der Waals surface area (Å²) in [6.45, 7) is 2.49. The summed E-state index contributed by atoms with van der Waals surface area (Å²) in [5.74, 6) is -0.490. The summed E-state index contributed by atoms with van der Waals surface area (Å²) in [5, 5.41) is 3.15. The summed E-state index contributed by atoms with van der Waals surface area (Å²) in [7, 11) is -3.87. The van der Waals surface area contributed by atoms with E-state index in [4.69, 9.17) is 4.55 Å². The van der Waals surface area contributed by atoms with Crippen LogP contribution in [0.3, 0.4) is 0 Å². The van der Waals surface area contributed by atoms with Crippen LogP contribution in [0.25, 0.3) is 0 Å². The van der Waals surface area contributed by atoms with E-state index in [1.807, 2.05) is 6.92 Å². The monoisotopic (exact) mass is 275 g/mol. The molecule has 0 aliphatic carbocycles. The normalized spacial score (nSPS) is 13.5. The second-order valence-corrected chi connectivity index (χ2v) is 5.90. The molecule has 0 radical (unpaired) electrons. The van der Waals surface area contributed by atoms with Crippen LogP contribution in [-0.2, 0) is 16.5 Å². The van der Waals surface area contributed by atoms with E-state index in [1.165, 1.54) is 12.1 Å². The summed E-state index contributed by atoms with van der Waals surface area (Å²) in [6.07, 6.45) is 1.11. The van der Waals surface area contributed by atoms with E-state index in [0.29, 0.717) is 13.0 Å². The molecule has 0 amide bonds. The molecule has 1 rings (SSSR count). The predicted molar refractivity (Wildman–Crippen MR) is 68.6 cm³/mol. The van der Waals surface area contributed by atoms with Crippen LogP contribution >= 0.6 is 0 Å². The Kier molecular flexibility index (Phi) is 5.71. The molecule has 0 aliphatic rings. The molecule has 0 saturated carbocycles. The topological polar surface area (TPSA) is 66.4 Å². The van der Waals surface area contributed by atoms with Gasteiger partial charge in [-0.3, -0.25) is 4.55 Å². The van der Waals surface area contributed by atoms with E-state index >= 15 is 0 Å². The zero-order chi connectivity index (χ0) is 13.6. The van der Waals surface area contributed by atoms with E-state index < -0.39 is 10.1 Å². The first-order chi connectivity index (χ1) is 8.37. The first-order valence-corrected chi connectivity index (χ1v) is 7.41. The minimum atomic E-state index is -3.87. The van der Waals surface area contributed by atoms with Crippen molar-refractivity contribution in [2.45, 2.75) is 25.8 Å². The summed E-state index contributed by atoms with van der Waals surface area (Å²) >= 11 is 0. The van der Waals surface area contributed by atoms with Crippen LogP contribution in [0.5, 0.6) is 0 Å². The van der Waals surface area contributed by atoms with Gasteiger partial charge in [-0.15, -0.1) is 0 Å². The van der Waals surface area contributed by atoms with Crippen molar-refractivity contribution in [1.82, 2.24) is 5.32 Å². The number of rotatable bonds is 7. The lowest BCUT2D eigenvalue weighted by molar-refractivity contribution is 0.476. The molecule has 0 spiro atoms. The van der Waals surface area contributed by atoms with E-state index in [-0.39, 0.29) is 17.6 Å². The van der Waals surface area contributed by atoms with Gasteiger partial charge in [0.15, 0.2) is 0 Å². The number of hydrogen-bond acceptors (Lipinski definition) is 3. The van der Waals surface area contributed by atoms with Crippen LogP contribution in [0.4, 0.5) is 4.39 Å². The van der Waals surface area contributed by atoms with E-state index in [0.717, 1.165) is 12.0 Å². The number of halogens is 1. The summed E-state index contributed by atoms with van der Waals surface area (Å²) < 4.78 is 42.2. The molecule has 18 heavy (non-hydrogen) atoms. The van der Waals surface area contributed by atoms with Crippen molar-refractivity contribution in [2.75, 3.05) is 12.3 Å². The van der Waals surface area contributed by atoms with Gasteiger partial charge in [0.25, 0.3) is 10.1 Å². The number of hydrogen-bond donors (Lipinski definition) is 2. The summed E-state index contributed by atoms with van der Waals surface area (Å²) in [6, 6.07) is 6.45. The third-order valence-electron chi connectivity index (χ3n) is 2.53. The molecule has 4 nitrogen and oxygen atoms in total. The Morgan fingerprint density at radius 2 is 1.94 bits per heavy atom. The molecule has 0 bridgehead atoms. The van der Waals surface area contributed by atoms with Crippen LogP contribution in [0.15, 0.2) is 24.3 Å². The fraction of sp³-hybridized carbons (Fsp3) is 0.500. The Balaban J connectivity index is 2.25. The summed E-state index contributed by atoms with van der Waals surface area (Å²) in [5.41, 5.74) is 1.02. The number of nitrogens with one attached hydrogen (secondary N) is 1. The Labute approximate surface area is 107 Å². The second kappa shape index (κ2) is 6.82. The van der Waals surface area contributed by atoms with Crippen molar-refractivity contribution in [3.63, 3.8) is 0 Å². The highest BCUT2D eigenvalue weighted by Crippen LogP contribution is 2.05. The molecule has 0 saturated heterocycles. The molecule has 1 unspecified atom stereocenters. The Bertz CT molecular complexity index is 459. The second-order valence-electron chi connectivity index (χ2n) is 4.33. The smallest absolute Gasteiger partial charge is 0.264 e. The molecular weight excluding hydrogens is 257 g/mol. The molecule has 0 heterocycles. The average molecular weight is 275 g/mol. The van der Waals surface area contributed by atoms with Gasteiger partial charge in [-0.05, 0) is 44.0 Å². The quantitative estimate of drug-likeness (QED) is 0.586. The van der Waals surface area contributed by atoms with Gasteiger partial charge >= 0.3 is 0 Å². The van der Waals surface area contributed by atoms with Crippen molar-refractivity contribution in [2.24, 2.45) is 0 Å². The van der Waals surface area contributed by atoms with Gasteiger partial charge in [-0.1, -0.05) is 12.1 Å². The maximum atomic E-state index is 12.7. The maximum absolute atomic E-state index is 12.7. The molecule has 6 heteroatoms. The molecule has 0 aromatic heterocycles. The highest BCUT2D eigenvalue weighted by Gasteiger charge is 2.06. The largest absolute Gasteiger partial charge is 0.314 e. The Morgan fingerprint density at radius 3 is 2.50 bits per heavy atom. The number of benzene rings is 1. The van der Waals surface area contributed by atoms with Gasteiger partial charge in [-0.25, -0.2) is 4.39 Å². The van der Waals surface area contributed by atoms with Crippen molar-refractivity contribution in [1.29, 1.82) is 0 Å². The van der Waals surface area contributed by atoms with Gasteiger partial charge in [0.1, 0.15) is 5.82 Å². The highest BCUT2D eigenvalue weighted by molar-refractivity contribution is 7.85. The van der Waals surface area contributed by atoms with Crippen molar-refractivity contribution >= 4 is 10.1 Å².